The van der Waals surface area contributed by atoms with Crippen molar-refractivity contribution in [3.05, 3.63) is 0 Å². The van der Waals surface area contributed by atoms with Gasteiger partial charge < -0.3 is 4.74 Å². The highest BCUT2D eigenvalue weighted by Gasteiger charge is 1.84. The van der Waals surface area contributed by atoms with Crippen LogP contribution in [0, 0.1) is 0 Å². The molecule has 0 aliphatic rings. The largest absolute Gasteiger partial charge is 0.381 e. The van der Waals surface area contributed by atoms with Crippen molar-refractivity contribution in [3.8, 4) is 0 Å². The number of hydrogen-bond donors (Lipinski definition) is 0. The van der Waals surface area contributed by atoms with Gasteiger partial charge in [-0.2, -0.15) is 0 Å². The average molecular weight is 258 g/mol. The molecule has 0 aromatic rings. The van der Waals surface area contributed by atoms with E-state index in [4.69, 9.17) is 4.74 Å². The van der Waals surface area contributed by atoms with Gasteiger partial charge in [-0.1, -0.05) is 26.7 Å². The first-order valence-electron chi connectivity index (χ1n) is 3.99. The Kier molecular flexibility index (Phi) is 16.4. The van der Waals surface area contributed by atoms with E-state index in [2.05, 4.69) is 13.8 Å². The standard InChI is InChI=1S/C8H18O.HI/c1-3-5-7-9-8-6-4-2;/h3-8H2,1-2H3;1H. The molecule has 0 radical (unpaired) electrons. The van der Waals surface area contributed by atoms with Crippen LogP contribution in [0.2, 0.25) is 0 Å². The highest BCUT2D eigenvalue weighted by atomic mass is 127. The van der Waals surface area contributed by atoms with Gasteiger partial charge in [0.1, 0.15) is 0 Å². The van der Waals surface area contributed by atoms with Gasteiger partial charge in [0.05, 0.1) is 0 Å². The second-order valence-electron chi connectivity index (χ2n) is 2.32. The summed E-state index contributed by atoms with van der Waals surface area (Å²) < 4.78 is 5.31. The molecule has 0 unspecified atom stereocenters. The normalized spacial score (nSPS) is 9.00. The van der Waals surface area contributed by atoms with E-state index in [-0.39, 0.29) is 24.0 Å². The molecule has 0 saturated heterocycles. The maximum Gasteiger partial charge on any atom is 0.0465 e. The van der Waals surface area contributed by atoms with Crippen molar-refractivity contribution in [3.63, 3.8) is 0 Å². The molecule has 0 aromatic carbocycles. The molecule has 0 amide bonds. The molecule has 10 heavy (non-hydrogen) atoms. The molecule has 2 heteroatoms. The summed E-state index contributed by atoms with van der Waals surface area (Å²) in [5.74, 6) is 0. The number of halogens is 1. The second-order valence-corrected chi connectivity index (χ2v) is 2.32. The SMILES string of the molecule is CCCCOCCCC.I. The Morgan fingerprint density at radius 3 is 1.60 bits per heavy atom. The molecule has 0 N–H and O–H groups in total. The van der Waals surface area contributed by atoms with E-state index >= 15 is 0 Å². The predicted molar refractivity (Wildman–Crippen MR) is 56.1 cm³/mol. The lowest BCUT2D eigenvalue weighted by Crippen LogP contribution is -1.95. The maximum absolute atomic E-state index is 5.31. The molecule has 0 fully saturated rings. The molecular weight excluding hydrogens is 239 g/mol. The van der Waals surface area contributed by atoms with E-state index in [1.165, 1.54) is 25.7 Å². The van der Waals surface area contributed by atoms with Crippen molar-refractivity contribution < 1.29 is 4.74 Å². The molecule has 0 bridgehead atoms. The highest BCUT2D eigenvalue weighted by molar-refractivity contribution is 14.0. The van der Waals surface area contributed by atoms with Crippen LogP contribution in [0.3, 0.4) is 0 Å². The van der Waals surface area contributed by atoms with Crippen molar-refractivity contribution in [2.45, 2.75) is 39.5 Å². The Hall–Kier alpha value is 0.690. The Labute approximate surface area is 81.6 Å². The van der Waals surface area contributed by atoms with E-state index in [1.807, 2.05) is 0 Å². The van der Waals surface area contributed by atoms with E-state index in [0.29, 0.717) is 0 Å². The molecule has 0 aliphatic heterocycles. The summed E-state index contributed by atoms with van der Waals surface area (Å²) in [6, 6.07) is 0. The van der Waals surface area contributed by atoms with Crippen LogP contribution in [0.5, 0.6) is 0 Å². The van der Waals surface area contributed by atoms with Gasteiger partial charge >= 0.3 is 0 Å². The molecule has 1 nitrogen and oxygen atoms in total. The van der Waals surface area contributed by atoms with Gasteiger partial charge in [-0.05, 0) is 12.8 Å². The van der Waals surface area contributed by atoms with Crippen LogP contribution in [0.4, 0.5) is 0 Å². The van der Waals surface area contributed by atoms with E-state index in [0.717, 1.165) is 13.2 Å². The molecule has 0 atom stereocenters. The Bertz CT molecular complexity index is 42.5. The van der Waals surface area contributed by atoms with E-state index in [9.17, 15) is 0 Å². The maximum atomic E-state index is 5.31. The predicted octanol–water partition coefficient (Wildman–Crippen LogP) is 3.22. The fraction of sp³-hybridized carbons (Fsp3) is 1.00. The van der Waals surface area contributed by atoms with Gasteiger partial charge in [0.15, 0.2) is 0 Å². The third-order valence-corrected chi connectivity index (χ3v) is 1.28. The molecule has 64 valence electrons. The van der Waals surface area contributed by atoms with Crippen LogP contribution < -0.4 is 0 Å². The molecule has 0 rings (SSSR count). The quantitative estimate of drug-likeness (QED) is 0.525. The fourth-order valence-corrected chi connectivity index (χ4v) is 0.595. The number of unbranched alkanes of at least 4 members (excludes halogenated alkanes) is 2. The lowest BCUT2D eigenvalue weighted by molar-refractivity contribution is 0.128. The number of rotatable bonds is 6. The summed E-state index contributed by atoms with van der Waals surface area (Å²) in [7, 11) is 0. The Morgan fingerprint density at radius 1 is 0.900 bits per heavy atom. The smallest absolute Gasteiger partial charge is 0.0465 e. The third kappa shape index (κ3) is 11.5. The van der Waals surface area contributed by atoms with Crippen LogP contribution in [-0.4, -0.2) is 13.2 Å². The topological polar surface area (TPSA) is 9.23 Å². The summed E-state index contributed by atoms with van der Waals surface area (Å²) in [5.41, 5.74) is 0. The molecule has 0 saturated carbocycles. The molecule has 0 aromatic heterocycles. The zero-order chi connectivity index (χ0) is 6.95. The summed E-state index contributed by atoms with van der Waals surface area (Å²) in [4.78, 5) is 0. The minimum Gasteiger partial charge on any atom is -0.381 e. The van der Waals surface area contributed by atoms with Gasteiger partial charge in [0, 0.05) is 13.2 Å². The van der Waals surface area contributed by atoms with Crippen LogP contribution in [0.1, 0.15) is 39.5 Å². The first-order valence-corrected chi connectivity index (χ1v) is 3.99. The first-order chi connectivity index (χ1) is 4.41. The number of hydrogen-bond acceptors (Lipinski definition) is 1. The van der Waals surface area contributed by atoms with Crippen molar-refractivity contribution in [2.24, 2.45) is 0 Å². The third-order valence-electron chi connectivity index (χ3n) is 1.28. The van der Waals surface area contributed by atoms with Gasteiger partial charge in [-0.15, -0.1) is 24.0 Å². The summed E-state index contributed by atoms with van der Waals surface area (Å²) >= 11 is 0. The van der Waals surface area contributed by atoms with E-state index in [1.54, 1.807) is 0 Å². The highest BCUT2D eigenvalue weighted by Crippen LogP contribution is 1.91. The molecular formula is C8H19IO. The molecule has 0 aliphatic carbocycles. The van der Waals surface area contributed by atoms with Crippen molar-refractivity contribution in [1.29, 1.82) is 0 Å². The lowest BCUT2D eigenvalue weighted by atomic mass is 10.3. The zero-order valence-corrected chi connectivity index (χ0v) is 9.39. The van der Waals surface area contributed by atoms with Crippen LogP contribution in [-0.2, 0) is 4.74 Å². The minimum atomic E-state index is 0. The van der Waals surface area contributed by atoms with Crippen LogP contribution >= 0.6 is 24.0 Å². The van der Waals surface area contributed by atoms with E-state index < -0.39 is 0 Å². The Balaban J connectivity index is 0. The molecule has 0 spiro atoms. The van der Waals surface area contributed by atoms with Gasteiger partial charge in [0.25, 0.3) is 0 Å². The zero-order valence-electron chi connectivity index (χ0n) is 7.06. The average Bonchev–Trinajstić information content (AvgIpc) is 1.89. The first kappa shape index (κ1) is 13.3. The van der Waals surface area contributed by atoms with Crippen LogP contribution in [0.15, 0.2) is 0 Å². The van der Waals surface area contributed by atoms with Gasteiger partial charge in [0.2, 0.25) is 0 Å². The summed E-state index contributed by atoms with van der Waals surface area (Å²) in [6.07, 6.45) is 4.91. The second kappa shape index (κ2) is 12.4. The van der Waals surface area contributed by atoms with Gasteiger partial charge in [-0.3, -0.25) is 0 Å². The summed E-state index contributed by atoms with van der Waals surface area (Å²) in [6.45, 7) is 6.28. The minimum absolute atomic E-state index is 0. The molecule has 0 heterocycles. The summed E-state index contributed by atoms with van der Waals surface area (Å²) in [5, 5.41) is 0. The monoisotopic (exact) mass is 258 g/mol. The number of ether oxygens (including phenoxy) is 1. The van der Waals surface area contributed by atoms with Crippen LogP contribution in [0.25, 0.3) is 0 Å². The van der Waals surface area contributed by atoms with Crippen molar-refractivity contribution in [1.82, 2.24) is 0 Å². The lowest BCUT2D eigenvalue weighted by Gasteiger charge is -1.99. The fourth-order valence-electron chi connectivity index (χ4n) is 0.595. The Morgan fingerprint density at radius 2 is 1.30 bits per heavy atom. The van der Waals surface area contributed by atoms with Gasteiger partial charge in [-0.25, -0.2) is 0 Å². The van der Waals surface area contributed by atoms with Crippen molar-refractivity contribution in [2.75, 3.05) is 13.2 Å². The van der Waals surface area contributed by atoms with Crippen molar-refractivity contribution >= 4 is 24.0 Å².